The Hall–Kier alpha value is -1.26. The summed E-state index contributed by atoms with van der Waals surface area (Å²) < 4.78 is 4.97. The van der Waals surface area contributed by atoms with E-state index < -0.39 is 12.6 Å². The average Bonchev–Trinajstić information content (AvgIpc) is 2.38. The minimum absolute atomic E-state index is 0.0528. The standard InChI is InChI=1S/C13H14Cl2O4/c1-3-7(2)13(18)8-4-5-9(12(15)11(8)14)19-6-10(16)17/h4-5,7H,3,6H2,1-2H3,(H,16,17)/t7-/m0/s1. The minimum Gasteiger partial charge on any atom is -0.480 e. The summed E-state index contributed by atoms with van der Waals surface area (Å²) in [6, 6.07) is 2.95. The van der Waals surface area contributed by atoms with Crippen LogP contribution in [0.2, 0.25) is 10.0 Å². The number of hydrogen-bond donors (Lipinski definition) is 1. The summed E-state index contributed by atoms with van der Waals surface area (Å²) in [5, 5.41) is 8.67. The van der Waals surface area contributed by atoms with Gasteiger partial charge in [-0.3, -0.25) is 4.79 Å². The van der Waals surface area contributed by atoms with Gasteiger partial charge in [-0.2, -0.15) is 0 Å². The lowest BCUT2D eigenvalue weighted by Crippen LogP contribution is -2.12. The number of aliphatic carboxylic acids is 1. The molecule has 0 aromatic heterocycles. The summed E-state index contributed by atoms with van der Waals surface area (Å²) in [6.45, 7) is 3.19. The lowest BCUT2D eigenvalue weighted by atomic mass is 9.97. The van der Waals surface area contributed by atoms with Crippen LogP contribution in [-0.4, -0.2) is 23.5 Å². The molecule has 0 bridgehead atoms. The molecule has 19 heavy (non-hydrogen) atoms. The third kappa shape index (κ3) is 3.85. The van der Waals surface area contributed by atoms with Gasteiger partial charge in [0.15, 0.2) is 12.4 Å². The van der Waals surface area contributed by atoms with Gasteiger partial charge in [-0.1, -0.05) is 37.0 Å². The van der Waals surface area contributed by atoms with Gasteiger partial charge in [0, 0.05) is 11.5 Å². The summed E-state index contributed by atoms with van der Waals surface area (Å²) in [5.41, 5.74) is 0.323. The number of hydrogen-bond acceptors (Lipinski definition) is 3. The molecule has 1 N–H and O–H groups in total. The minimum atomic E-state index is -1.12. The van der Waals surface area contributed by atoms with E-state index in [1.54, 1.807) is 6.92 Å². The molecule has 4 nitrogen and oxygen atoms in total. The van der Waals surface area contributed by atoms with E-state index in [0.717, 1.165) is 0 Å². The van der Waals surface area contributed by atoms with Crippen LogP contribution in [0.1, 0.15) is 30.6 Å². The zero-order valence-corrected chi connectivity index (χ0v) is 12.1. The lowest BCUT2D eigenvalue weighted by Gasteiger charge is -2.12. The molecule has 1 atom stereocenters. The fourth-order valence-corrected chi connectivity index (χ4v) is 1.89. The normalized spacial score (nSPS) is 12.0. The Kier molecular flexibility index (Phi) is 5.63. The van der Waals surface area contributed by atoms with Crippen LogP contribution in [0.4, 0.5) is 0 Å². The van der Waals surface area contributed by atoms with Crippen molar-refractivity contribution >= 4 is 35.0 Å². The van der Waals surface area contributed by atoms with E-state index in [0.29, 0.717) is 12.0 Å². The number of rotatable bonds is 6. The highest BCUT2D eigenvalue weighted by Crippen LogP contribution is 2.35. The molecule has 0 fully saturated rings. The van der Waals surface area contributed by atoms with E-state index in [1.807, 2.05) is 6.92 Å². The maximum Gasteiger partial charge on any atom is 0.341 e. The van der Waals surface area contributed by atoms with Crippen LogP contribution in [0.5, 0.6) is 5.75 Å². The van der Waals surface area contributed by atoms with Crippen molar-refractivity contribution in [2.45, 2.75) is 20.3 Å². The molecule has 0 amide bonds. The quantitative estimate of drug-likeness (QED) is 0.814. The molecule has 0 saturated heterocycles. The van der Waals surface area contributed by atoms with Crippen LogP contribution >= 0.6 is 23.2 Å². The number of benzene rings is 1. The second kappa shape index (κ2) is 6.78. The number of carboxylic acids is 1. The third-order valence-electron chi connectivity index (χ3n) is 2.72. The Bertz CT molecular complexity index is 500. The Morgan fingerprint density at radius 2 is 1.95 bits per heavy atom. The summed E-state index contributed by atoms with van der Waals surface area (Å²) in [6.07, 6.45) is 0.698. The number of ketones is 1. The zero-order chi connectivity index (χ0) is 14.6. The zero-order valence-electron chi connectivity index (χ0n) is 10.6. The molecule has 1 aromatic rings. The largest absolute Gasteiger partial charge is 0.480 e. The third-order valence-corrected chi connectivity index (χ3v) is 3.59. The van der Waals surface area contributed by atoms with E-state index in [-0.39, 0.29) is 27.5 Å². The van der Waals surface area contributed by atoms with Gasteiger partial charge in [0.2, 0.25) is 0 Å². The van der Waals surface area contributed by atoms with Crippen molar-refractivity contribution in [3.05, 3.63) is 27.7 Å². The molecule has 0 aliphatic heterocycles. The predicted octanol–water partition coefficient (Wildman–Crippen LogP) is 3.69. The monoisotopic (exact) mass is 304 g/mol. The Morgan fingerprint density at radius 1 is 1.32 bits per heavy atom. The number of carboxylic acid groups (broad SMARTS) is 1. The topological polar surface area (TPSA) is 63.6 Å². The molecular weight excluding hydrogens is 291 g/mol. The first-order valence-corrected chi connectivity index (χ1v) is 6.50. The average molecular weight is 305 g/mol. The van der Waals surface area contributed by atoms with Gasteiger partial charge in [0.25, 0.3) is 0 Å². The summed E-state index contributed by atoms with van der Waals surface area (Å²) in [5.74, 6) is -1.22. The van der Waals surface area contributed by atoms with Crippen molar-refractivity contribution in [2.75, 3.05) is 6.61 Å². The Morgan fingerprint density at radius 3 is 2.47 bits per heavy atom. The van der Waals surface area contributed by atoms with Gasteiger partial charge < -0.3 is 9.84 Å². The van der Waals surface area contributed by atoms with E-state index in [1.165, 1.54) is 12.1 Å². The summed E-state index contributed by atoms with van der Waals surface area (Å²) >= 11 is 12.0. The van der Waals surface area contributed by atoms with Crippen molar-refractivity contribution < 1.29 is 19.4 Å². The second-order valence-electron chi connectivity index (χ2n) is 4.10. The van der Waals surface area contributed by atoms with Crippen LogP contribution < -0.4 is 4.74 Å². The van der Waals surface area contributed by atoms with Gasteiger partial charge in [0.1, 0.15) is 10.8 Å². The number of halogens is 2. The second-order valence-corrected chi connectivity index (χ2v) is 4.85. The molecule has 6 heteroatoms. The van der Waals surface area contributed by atoms with Gasteiger partial charge in [-0.05, 0) is 18.6 Å². The summed E-state index contributed by atoms with van der Waals surface area (Å²) in [7, 11) is 0. The molecule has 1 aromatic carbocycles. The molecule has 104 valence electrons. The molecule has 0 unspecified atom stereocenters. The smallest absolute Gasteiger partial charge is 0.341 e. The molecular formula is C13H14Cl2O4. The van der Waals surface area contributed by atoms with Crippen molar-refractivity contribution in [3.8, 4) is 5.75 Å². The van der Waals surface area contributed by atoms with Crippen molar-refractivity contribution in [3.63, 3.8) is 0 Å². The molecule has 1 rings (SSSR count). The molecule has 0 heterocycles. The maximum absolute atomic E-state index is 12.0. The highest BCUT2D eigenvalue weighted by molar-refractivity contribution is 6.44. The van der Waals surface area contributed by atoms with Crippen LogP contribution in [0.15, 0.2) is 12.1 Å². The Labute approximate surface area is 121 Å². The number of carbonyl (C=O) groups excluding carboxylic acids is 1. The fourth-order valence-electron chi connectivity index (χ4n) is 1.42. The van der Waals surface area contributed by atoms with Gasteiger partial charge in [0.05, 0.1) is 5.02 Å². The van der Waals surface area contributed by atoms with E-state index in [4.69, 9.17) is 33.0 Å². The predicted molar refractivity (Wildman–Crippen MR) is 73.4 cm³/mol. The van der Waals surface area contributed by atoms with Crippen LogP contribution in [-0.2, 0) is 4.79 Å². The molecule has 0 spiro atoms. The molecule has 0 saturated carbocycles. The van der Waals surface area contributed by atoms with E-state index in [2.05, 4.69) is 0 Å². The Balaban J connectivity index is 3.04. The summed E-state index contributed by atoms with van der Waals surface area (Å²) in [4.78, 5) is 22.5. The van der Waals surface area contributed by atoms with Gasteiger partial charge >= 0.3 is 5.97 Å². The lowest BCUT2D eigenvalue weighted by molar-refractivity contribution is -0.139. The number of ether oxygens (including phenoxy) is 1. The van der Waals surface area contributed by atoms with Crippen molar-refractivity contribution in [2.24, 2.45) is 5.92 Å². The number of carbonyl (C=O) groups is 2. The van der Waals surface area contributed by atoms with Crippen molar-refractivity contribution in [1.29, 1.82) is 0 Å². The van der Waals surface area contributed by atoms with Crippen LogP contribution in [0.3, 0.4) is 0 Å². The van der Waals surface area contributed by atoms with Crippen LogP contribution in [0, 0.1) is 5.92 Å². The van der Waals surface area contributed by atoms with E-state index >= 15 is 0 Å². The molecule has 0 aliphatic rings. The SMILES string of the molecule is CC[C@H](C)C(=O)c1ccc(OCC(=O)O)c(Cl)c1Cl. The first-order chi connectivity index (χ1) is 8.88. The maximum atomic E-state index is 12.0. The van der Waals surface area contributed by atoms with Gasteiger partial charge in [-0.15, -0.1) is 0 Å². The first kappa shape index (κ1) is 15.8. The fraction of sp³-hybridized carbons (Fsp3) is 0.385. The molecule has 0 radical (unpaired) electrons. The highest BCUT2D eigenvalue weighted by atomic mass is 35.5. The van der Waals surface area contributed by atoms with E-state index in [9.17, 15) is 9.59 Å². The highest BCUT2D eigenvalue weighted by Gasteiger charge is 2.20. The van der Waals surface area contributed by atoms with Crippen molar-refractivity contribution in [1.82, 2.24) is 0 Å². The first-order valence-electron chi connectivity index (χ1n) is 5.75. The molecule has 0 aliphatic carbocycles. The van der Waals surface area contributed by atoms with Gasteiger partial charge in [-0.25, -0.2) is 4.79 Å². The number of Topliss-reactive ketones (excluding diaryl/α,β-unsaturated/α-hetero) is 1. The van der Waals surface area contributed by atoms with Crippen LogP contribution in [0.25, 0.3) is 0 Å².